The third-order valence-electron chi connectivity index (χ3n) is 8.13. The number of hydrogen-bond donors (Lipinski definition) is 1. The lowest BCUT2D eigenvalue weighted by Gasteiger charge is -2.35. The SMILES string of the molecule is CCN(CC(C)(C)COCC(C)(C)CNC1(C(C)COCC(C)(C)COC)CC1)C(=O)CCc1ccc(C)cc1. The van der Waals surface area contributed by atoms with Gasteiger partial charge in [-0.25, -0.2) is 0 Å². The second kappa shape index (κ2) is 15.1. The third-order valence-corrected chi connectivity index (χ3v) is 8.13. The summed E-state index contributed by atoms with van der Waals surface area (Å²) in [4.78, 5) is 15.0. The molecule has 6 heteroatoms. The van der Waals surface area contributed by atoms with E-state index in [0.29, 0.717) is 45.3 Å². The van der Waals surface area contributed by atoms with E-state index in [9.17, 15) is 4.79 Å². The molecule has 1 fully saturated rings. The average molecular weight is 561 g/mol. The van der Waals surface area contributed by atoms with Crippen LogP contribution >= 0.6 is 0 Å². The number of amides is 1. The molecule has 0 radical (unpaired) electrons. The summed E-state index contributed by atoms with van der Waals surface area (Å²) in [5.74, 6) is 0.681. The van der Waals surface area contributed by atoms with Gasteiger partial charge in [0.15, 0.2) is 0 Å². The van der Waals surface area contributed by atoms with Crippen molar-refractivity contribution in [1.82, 2.24) is 10.2 Å². The second-order valence-corrected chi connectivity index (χ2v) is 14.7. The van der Waals surface area contributed by atoms with E-state index in [4.69, 9.17) is 14.2 Å². The normalized spacial score (nSPS) is 16.1. The first-order chi connectivity index (χ1) is 18.6. The van der Waals surface area contributed by atoms with Gasteiger partial charge in [0.25, 0.3) is 0 Å². The van der Waals surface area contributed by atoms with Gasteiger partial charge in [0.2, 0.25) is 5.91 Å². The molecule has 1 aromatic carbocycles. The molecule has 0 heterocycles. The van der Waals surface area contributed by atoms with E-state index >= 15 is 0 Å². The minimum absolute atomic E-state index is 0.0149. The lowest BCUT2D eigenvalue weighted by atomic mass is 9.91. The standard InChI is InChI=1S/C34H60N2O4/c1-11-36(30(37)17-16-29-14-12-27(2)13-15-29)22-32(6,7)25-40-24-31(4,5)21-35-34(18-19-34)28(3)20-39-26-33(8,9)23-38-10/h12-15,28,35H,11,16-26H2,1-10H3. The number of nitrogens with zero attached hydrogens (tertiary/aromatic N) is 1. The zero-order valence-corrected chi connectivity index (χ0v) is 27.5. The van der Waals surface area contributed by atoms with Gasteiger partial charge in [0.1, 0.15) is 0 Å². The summed E-state index contributed by atoms with van der Waals surface area (Å²) in [5.41, 5.74) is 2.59. The Morgan fingerprint density at radius 2 is 1.55 bits per heavy atom. The number of benzene rings is 1. The molecule has 0 aromatic heterocycles. The number of aryl methyl sites for hydroxylation is 2. The zero-order chi connectivity index (χ0) is 30.0. The van der Waals surface area contributed by atoms with Crippen molar-refractivity contribution in [2.24, 2.45) is 22.2 Å². The molecule has 1 atom stereocenters. The van der Waals surface area contributed by atoms with Gasteiger partial charge in [-0.2, -0.15) is 0 Å². The molecular formula is C34H60N2O4. The van der Waals surface area contributed by atoms with Crippen molar-refractivity contribution in [1.29, 1.82) is 0 Å². The van der Waals surface area contributed by atoms with Crippen molar-refractivity contribution in [3.05, 3.63) is 35.4 Å². The fourth-order valence-corrected chi connectivity index (χ4v) is 5.26. The van der Waals surface area contributed by atoms with E-state index < -0.39 is 0 Å². The monoisotopic (exact) mass is 560 g/mol. The average Bonchev–Trinajstić information content (AvgIpc) is 3.66. The van der Waals surface area contributed by atoms with E-state index in [1.54, 1.807) is 7.11 Å². The van der Waals surface area contributed by atoms with Gasteiger partial charge in [-0.15, -0.1) is 0 Å². The number of hydrogen-bond acceptors (Lipinski definition) is 5. The predicted molar refractivity (Wildman–Crippen MR) is 166 cm³/mol. The molecule has 0 spiro atoms. The van der Waals surface area contributed by atoms with Crippen molar-refractivity contribution in [2.45, 2.75) is 93.5 Å². The molecule has 0 aliphatic heterocycles. The number of methoxy groups -OCH3 is 1. The van der Waals surface area contributed by atoms with Crippen LogP contribution in [0.1, 0.15) is 85.8 Å². The molecule has 40 heavy (non-hydrogen) atoms. The first-order valence-electron chi connectivity index (χ1n) is 15.4. The van der Waals surface area contributed by atoms with Crippen LogP contribution in [0.2, 0.25) is 0 Å². The Balaban J connectivity index is 1.73. The minimum Gasteiger partial charge on any atom is -0.384 e. The highest BCUT2D eigenvalue weighted by molar-refractivity contribution is 5.76. The maximum Gasteiger partial charge on any atom is 0.222 e. The van der Waals surface area contributed by atoms with E-state index in [1.165, 1.54) is 24.0 Å². The largest absolute Gasteiger partial charge is 0.384 e. The molecule has 1 amide bonds. The van der Waals surface area contributed by atoms with E-state index in [0.717, 1.165) is 26.1 Å². The smallest absolute Gasteiger partial charge is 0.222 e. The molecule has 1 saturated carbocycles. The van der Waals surface area contributed by atoms with Crippen LogP contribution in [0.25, 0.3) is 0 Å². The molecule has 1 aliphatic carbocycles. The van der Waals surface area contributed by atoms with Gasteiger partial charge >= 0.3 is 0 Å². The maximum atomic E-state index is 13.0. The summed E-state index contributed by atoms with van der Waals surface area (Å²) in [6, 6.07) is 8.47. The Morgan fingerprint density at radius 1 is 0.950 bits per heavy atom. The summed E-state index contributed by atoms with van der Waals surface area (Å²) < 4.78 is 17.7. The molecule has 6 nitrogen and oxygen atoms in total. The highest BCUT2D eigenvalue weighted by atomic mass is 16.5. The van der Waals surface area contributed by atoms with Crippen LogP contribution < -0.4 is 5.32 Å². The van der Waals surface area contributed by atoms with Crippen molar-refractivity contribution < 1.29 is 19.0 Å². The van der Waals surface area contributed by atoms with Crippen molar-refractivity contribution >= 4 is 5.91 Å². The number of carbonyl (C=O) groups excluding carboxylic acids is 1. The van der Waals surface area contributed by atoms with Gasteiger partial charge in [0, 0.05) is 54.9 Å². The van der Waals surface area contributed by atoms with Gasteiger partial charge in [-0.05, 0) is 44.6 Å². The van der Waals surface area contributed by atoms with Crippen LogP contribution in [0.3, 0.4) is 0 Å². The van der Waals surface area contributed by atoms with Gasteiger partial charge in [-0.1, -0.05) is 78.3 Å². The Kier molecular flexibility index (Phi) is 13.1. The quantitative estimate of drug-likeness (QED) is 0.203. The number of nitrogens with one attached hydrogen (secondary N) is 1. The summed E-state index contributed by atoms with van der Waals surface area (Å²) in [5, 5.41) is 3.88. The van der Waals surface area contributed by atoms with Gasteiger partial charge in [-0.3, -0.25) is 4.79 Å². The van der Waals surface area contributed by atoms with E-state index in [-0.39, 0.29) is 27.7 Å². The van der Waals surface area contributed by atoms with Crippen molar-refractivity contribution in [2.75, 3.05) is 59.8 Å². The van der Waals surface area contributed by atoms with Crippen LogP contribution in [-0.4, -0.2) is 76.1 Å². The van der Waals surface area contributed by atoms with Crippen LogP contribution in [0.4, 0.5) is 0 Å². The lowest BCUT2D eigenvalue weighted by molar-refractivity contribution is -0.133. The fraction of sp³-hybridized carbons (Fsp3) is 0.794. The molecule has 230 valence electrons. The molecule has 1 aromatic rings. The molecule has 1 aliphatic rings. The predicted octanol–water partition coefficient (Wildman–Crippen LogP) is 6.29. The Morgan fingerprint density at radius 3 is 2.12 bits per heavy atom. The molecule has 0 saturated heterocycles. The van der Waals surface area contributed by atoms with Crippen LogP contribution in [0.5, 0.6) is 0 Å². The molecule has 2 rings (SSSR count). The Hall–Kier alpha value is -1.47. The third kappa shape index (κ3) is 12.2. The first-order valence-corrected chi connectivity index (χ1v) is 15.4. The summed E-state index contributed by atoms with van der Waals surface area (Å²) in [7, 11) is 1.75. The number of carbonyl (C=O) groups is 1. The molecule has 1 N–H and O–H groups in total. The molecule has 1 unspecified atom stereocenters. The summed E-state index contributed by atoms with van der Waals surface area (Å²) >= 11 is 0. The van der Waals surface area contributed by atoms with Crippen LogP contribution in [-0.2, 0) is 25.4 Å². The van der Waals surface area contributed by atoms with Gasteiger partial charge in [0.05, 0.1) is 33.0 Å². The maximum absolute atomic E-state index is 13.0. The number of rotatable bonds is 20. The summed E-state index contributed by atoms with van der Waals surface area (Å²) in [6.07, 6.45) is 3.73. The van der Waals surface area contributed by atoms with Crippen LogP contribution in [0, 0.1) is 29.1 Å². The molecule has 0 bridgehead atoms. The van der Waals surface area contributed by atoms with E-state index in [2.05, 4.69) is 91.9 Å². The Bertz CT molecular complexity index is 890. The minimum atomic E-state index is -0.112. The van der Waals surface area contributed by atoms with Crippen LogP contribution in [0.15, 0.2) is 24.3 Å². The summed E-state index contributed by atoms with van der Waals surface area (Å²) in [6.45, 7) is 25.6. The zero-order valence-electron chi connectivity index (χ0n) is 27.5. The highest BCUT2D eigenvalue weighted by Gasteiger charge is 2.47. The van der Waals surface area contributed by atoms with Gasteiger partial charge < -0.3 is 24.4 Å². The number of ether oxygens (including phenoxy) is 3. The Labute approximate surface area is 245 Å². The second-order valence-electron chi connectivity index (χ2n) is 14.7. The highest BCUT2D eigenvalue weighted by Crippen LogP contribution is 2.43. The molecular weight excluding hydrogens is 500 g/mol. The van der Waals surface area contributed by atoms with E-state index in [1.807, 2.05) is 4.90 Å². The fourth-order valence-electron chi connectivity index (χ4n) is 5.26. The van der Waals surface area contributed by atoms with Crippen molar-refractivity contribution in [3.63, 3.8) is 0 Å². The van der Waals surface area contributed by atoms with Crippen molar-refractivity contribution in [3.8, 4) is 0 Å². The topological polar surface area (TPSA) is 60.0 Å². The first kappa shape index (κ1) is 34.7. The lowest BCUT2D eigenvalue weighted by Crippen LogP contribution is -2.46.